The molecule has 0 fully saturated rings. The summed E-state index contributed by atoms with van der Waals surface area (Å²) in [4.78, 5) is 28.3. The minimum Gasteiger partial charge on any atom is -0.309 e. The molecule has 0 radical (unpaired) electrons. The molecule has 0 saturated carbocycles. The fraction of sp³-hybridized carbons (Fsp3) is 0.00752. The highest BCUT2D eigenvalue weighted by Gasteiger charge is 2.31. The Kier molecular flexibility index (Phi) is 18.9. The van der Waals surface area contributed by atoms with Gasteiger partial charge in [0.1, 0.15) is 0 Å². The number of benzene rings is 24. The van der Waals surface area contributed by atoms with E-state index in [0.717, 1.165) is 65.4 Å². The summed E-state index contributed by atoms with van der Waals surface area (Å²) < 4.78 is 4.74. The van der Waals surface area contributed by atoms with Gasteiger partial charge >= 0.3 is 0 Å². The van der Waals surface area contributed by atoms with Gasteiger partial charge in [0.05, 0.1) is 55.2 Å². The Hall–Kier alpha value is -18.8. The smallest absolute Gasteiger partial charge is 0.0971 e. The van der Waals surface area contributed by atoms with E-state index in [-0.39, 0.29) is 5.92 Å². The van der Waals surface area contributed by atoms with Gasteiger partial charge in [0.15, 0.2) is 0 Å². The zero-order valence-electron chi connectivity index (χ0n) is 76.4. The third-order valence-electron chi connectivity index (χ3n) is 29.4. The quantitative estimate of drug-likeness (QED) is 0.134. The van der Waals surface area contributed by atoms with Crippen molar-refractivity contribution in [3.63, 3.8) is 0 Å². The fourth-order valence-electron chi connectivity index (χ4n) is 23.0. The zero-order valence-corrected chi connectivity index (χ0v) is 76.4. The molecule has 1 aliphatic carbocycles. The topological polar surface area (TPSA) is 87.2 Å². The number of rotatable bonds is 9. The predicted octanol–water partition coefficient (Wildman–Crippen LogP) is 34.6. The Morgan fingerprint density at radius 3 is 0.872 bits per heavy atom. The molecule has 1 aliphatic rings. The van der Waals surface area contributed by atoms with E-state index >= 15 is 0 Å². The van der Waals surface area contributed by atoms with E-state index in [4.69, 9.17) is 29.9 Å². The summed E-state index contributed by atoms with van der Waals surface area (Å²) >= 11 is 0. The molecule has 0 bridgehead atoms. The van der Waals surface area contributed by atoms with E-state index in [0.29, 0.717) is 0 Å². The number of para-hydroxylation sites is 4. The van der Waals surface area contributed by atoms with Crippen molar-refractivity contribution in [2.75, 3.05) is 0 Å². The molecule has 141 heavy (non-hydrogen) atoms. The van der Waals surface area contributed by atoms with E-state index in [1.807, 2.05) is 0 Å². The first-order chi connectivity index (χ1) is 70.0. The van der Waals surface area contributed by atoms with E-state index < -0.39 is 0 Å². The van der Waals surface area contributed by atoms with Crippen LogP contribution in [0.1, 0.15) is 22.6 Å². The first-order valence-corrected chi connectivity index (χ1v) is 48.2. The lowest BCUT2D eigenvalue weighted by molar-refractivity contribution is 1.02. The summed E-state index contributed by atoms with van der Waals surface area (Å²) in [7, 11) is 0. The largest absolute Gasteiger partial charge is 0.309 e. The average Bonchev–Trinajstić information content (AvgIpc) is 1.73. The van der Waals surface area contributed by atoms with Crippen molar-refractivity contribution < 1.29 is 0 Å². The SMILES string of the molecule is c1ccc(-n2c3ccccc3c3cc(-c4ccc(-c5ccc6c(c5)c5ccccc5c5nccnc65)c5ccccc45)ccc32)cc1.c1ccc(-n2c3ccccc3c3cc(-c4cccc5c(-c6ccc7c(c6)c6ccccc6c6nccnc76)cccc45)ccc32)cc1.c1ccc(C2c3ccccc3-c3cc(-c4ccc5ccc(-c6ccc7c(c6)c6ccccc6c6nccnc76)cc5c4)ccc32)cc1. The molecule has 0 amide bonds. The lowest BCUT2D eigenvalue weighted by Gasteiger charge is -2.14. The molecule has 8 nitrogen and oxygen atoms in total. The third kappa shape index (κ3) is 13.3. The van der Waals surface area contributed by atoms with Crippen molar-refractivity contribution in [2.45, 2.75) is 5.92 Å². The van der Waals surface area contributed by atoms with Gasteiger partial charge in [0.25, 0.3) is 0 Å². The van der Waals surface area contributed by atoms with Gasteiger partial charge in [-0.25, -0.2) is 0 Å². The average molecular weight is 1790 g/mol. The fourth-order valence-corrected chi connectivity index (χ4v) is 23.0. The molecule has 1 unspecified atom stereocenters. The number of fused-ring (bicyclic) bond motifs is 30. The van der Waals surface area contributed by atoms with E-state index in [1.54, 1.807) is 37.2 Å². The van der Waals surface area contributed by atoms with E-state index in [9.17, 15) is 0 Å². The second-order valence-corrected chi connectivity index (χ2v) is 36.9. The number of aromatic nitrogens is 8. The monoisotopic (exact) mass is 1790 g/mol. The summed E-state index contributed by atoms with van der Waals surface area (Å²) in [5.41, 5.74) is 34.2. The molecule has 0 aliphatic heterocycles. The van der Waals surface area contributed by atoms with Crippen molar-refractivity contribution in [3.8, 4) is 89.3 Å². The van der Waals surface area contributed by atoms with Crippen molar-refractivity contribution in [1.82, 2.24) is 39.0 Å². The third-order valence-corrected chi connectivity index (χ3v) is 29.4. The van der Waals surface area contributed by atoms with Crippen LogP contribution in [0, 0.1) is 0 Å². The predicted molar refractivity (Wildman–Crippen MR) is 590 cm³/mol. The van der Waals surface area contributed by atoms with E-state index in [2.05, 4.69) is 464 Å². The summed E-state index contributed by atoms with van der Waals surface area (Å²) in [5, 5.41) is 26.4. The Morgan fingerprint density at radius 1 is 0.149 bits per heavy atom. The molecule has 24 aromatic carbocycles. The first-order valence-electron chi connectivity index (χ1n) is 48.2. The molecular formula is C133H82N8. The van der Waals surface area contributed by atoms with Crippen LogP contribution >= 0.6 is 0 Å². The molecule has 0 saturated heterocycles. The van der Waals surface area contributed by atoms with Crippen molar-refractivity contribution in [1.29, 1.82) is 0 Å². The van der Waals surface area contributed by atoms with Crippen molar-refractivity contribution >= 4 is 174 Å². The first kappa shape index (κ1) is 80.7. The maximum atomic E-state index is 4.75. The molecule has 0 spiro atoms. The van der Waals surface area contributed by atoms with Crippen LogP contribution in [-0.4, -0.2) is 39.0 Å². The number of nitrogens with zero attached hydrogens (tertiary/aromatic N) is 8. The van der Waals surface area contributed by atoms with Gasteiger partial charge in [-0.3, -0.25) is 29.9 Å². The minimum atomic E-state index is 0.264. The summed E-state index contributed by atoms with van der Waals surface area (Å²) in [6, 6.07) is 166. The summed E-state index contributed by atoms with van der Waals surface area (Å²) in [6.07, 6.45) is 10.7. The van der Waals surface area contributed by atoms with Crippen LogP contribution < -0.4 is 0 Å². The molecule has 8 heteroatoms. The molecule has 5 heterocycles. The standard InChI is InChI=1S/C45H28N2.2C44H27N3/c1-2-8-29(9-3-1)43-37-12-6-4-10-35(37)41-26-32(18-20-38(41)43)30-16-14-28-15-17-31(25-34(28)24-30)33-19-21-40-42(27-33)36-11-5-7-13-39(36)44-45(40)47-23-22-46-44;1-2-10-30(11-3-1)47-41-19-7-6-13-36(41)40-27-29(21-23-42(40)47)32-16-9-17-33-31(15-8-18-34(32)33)28-20-22-38-39(26-28)35-12-4-5-14-37(35)43-44(38)46-25-24-45-43;1-2-10-30(11-3-1)47-41-17-9-8-15-36(41)40-27-29(19-23-42(40)47)32-22-21-31(33-12-4-5-13-34(32)33)28-18-20-38-39(26-28)35-14-6-7-16-37(35)43-44(38)46-25-24-45-43/h1-27,43H;2*1-27H. The highest BCUT2D eigenvalue weighted by Crippen LogP contribution is 2.51. The summed E-state index contributed by atoms with van der Waals surface area (Å²) in [5.74, 6) is 0.264. The van der Waals surface area contributed by atoms with Gasteiger partial charge in [0.2, 0.25) is 0 Å². The van der Waals surface area contributed by atoms with Crippen LogP contribution in [0.5, 0.6) is 0 Å². The van der Waals surface area contributed by atoms with Gasteiger partial charge in [-0.1, -0.05) is 358 Å². The molecule has 0 N–H and O–H groups in total. The maximum Gasteiger partial charge on any atom is 0.0971 e. The highest BCUT2D eigenvalue weighted by atomic mass is 15.0. The number of hydrogen-bond donors (Lipinski definition) is 0. The van der Waals surface area contributed by atoms with Crippen LogP contribution in [0.4, 0.5) is 0 Å². The van der Waals surface area contributed by atoms with Gasteiger partial charge in [0, 0.05) is 108 Å². The van der Waals surface area contributed by atoms with Crippen LogP contribution in [-0.2, 0) is 0 Å². The minimum absolute atomic E-state index is 0.264. The van der Waals surface area contributed by atoms with Gasteiger partial charge in [-0.05, 0) is 256 Å². The van der Waals surface area contributed by atoms with Gasteiger partial charge in [-0.15, -0.1) is 0 Å². The van der Waals surface area contributed by atoms with Crippen molar-refractivity contribution in [2.24, 2.45) is 0 Å². The molecule has 1 atom stereocenters. The zero-order chi connectivity index (χ0) is 92.7. The normalized spacial score (nSPS) is 12.5. The van der Waals surface area contributed by atoms with Gasteiger partial charge < -0.3 is 9.13 Å². The lowest BCUT2D eigenvalue weighted by atomic mass is 9.89. The number of hydrogen-bond acceptors (Lipinski definition) is 6. The second-order valence-electron chi connectivity index (χ2n) is 36.9. The van der Waals surface area contributed by atoms with Gasteiger partial charge in [-0.2, -0.15) is 0 Å². The van der Waals surface area contributed by atoms with Crippen LogP contribution in [0.15, 0.2) is 492 Å². The van der Waals surface area contributed by atoms with Crippen LogP contribution in [0.2, 0.25) is 0 Å². The summed E-state index contributed by atoms with van der Waals surface area (Å²) in [6.45, 7) is 0. The maximum absolute atomic E-state index is 4.75. The Labute approximate surface area is 811 Å². The highest BCUT2D eigenvalue weighted by molar-refractivity contribution is 6.27. The molecular weight excluding hydrogens is 1710 g/mol. The van der Waals surface area contributed by atoms with Crippen molar-refractivity contribution in [3.05, 3.63) is 509 Å². The Morgan fingerprint density at radius 2 is 0.433 bits per heavy atom. The van der Waals surface area contributed by atoms with E-state index in [1.165, 1.54) is 214 Å². The van der Waals surface area contributed by atoms with Crippen LogP contribution in [0.25, 0.3) is 263 Å². The molecule has 654 valence electrons. The van der Waals surface area contributed by atoms with Crippen LogP contribution in [0.3, 0.4) is 0 Å². The second kappa shape index (κ2) is 33.1. The molecule has 5 aromatic heterocycles. The molecule has 30 rings (SSSR count). The Balaban J connectivity index is 0.000000104. The molecule has 29 aromatic rings. The Bertz CT molecular complexity index is 9780. The lowest BCUT2D eigenvalue weighted by Crippen LogP contribution is -1.98.